The quantitative estimate of drug-likeness (QED) is 0.856. The summed E-state index contributed by atoms with van der Waals surface area (Å²) in [5, 5.41) is 13.3. The molecule has 0 heterocycles. The van der Waals surface area contributed by atoms with E-state index in [-0.39, 0.29) is 5.41 Å². The molecule has 0 radical (unpaired) electrons. The van der Waals surface area contributed by atoms with Crippen molar-refractivity contribution in [2.45, 2.75) is 38.8 Å². The van der Waals surface area contributed by atoms with Crippen molar-refractivity contribution in [3.05, 3.63) is 35.4 Å². The Morgan fingerprint density at radius 2 is 2.16 bits per heavy atom. The maximum Gasteiger partial charge on any atom is 0.0897 e. The van der Waals surface area contributed by atoms with Gasteiger partial charge < -0.3 is 15.2 Å². The highest BCUT2D eigenvalue weighted by molar-refractivity contribution is 5.34. The average Bonchev–Trinajstić information content (AvgIpc) is 2.37. The maximum atomic E-state index is 9.81. The van der Waals surface area contributed by atoms with Gasteiger partial charge in [-0.05, 0) is 29.4 Å². The molecule has 2 rings (SSSR count). The summed E-state index contributed by atoms with van der Waals surface area (Å²) in [5.41, 5.74) is 3.02. The van der Waals surface area contributed by atoms with Gasteiger partial charge in [0.25, 0.3) is 0 Å². The van der Waals surface area contributed by atoms with E-state index in [2.05, 4.69) is 43.4 Å². The van der Waals surface area contributed by atoms with Crippen LogP contribution in [0.15, 0.2) is 24.3 Å². The van der Waals surface area contributed by atoms with Crippen LogP contribution in [-0.2, 0) is 11.2 Å². The molecule has 1 aliphatic rings. The Morgan fingerprint density at radius 1 is 1.42 bits per heavy atom. The number of hydrogen-bond donors (Lipinski definition) is 2. The zero-order valence-corrected chi connectivity index (χ0v) is 12.1. The summed E-state index contributed by atoms with van der Waals surface area (Å²) in [7, 11) is 1.61. The Bertz CT molecular complexity index is 417. The first-order valence-corrected chi connectivity index (χ1v) is 7.03. The molecule has 0 fully saturated rings. The molecule has 0 amide bonds. The van der Waals surface area contributed by atoms with Gasteiger partial charge in [-0.15, -0.1) is 0 Å². The van der Waals surface area contributed by atoms with E-state index in [1.807, 2.05) is 0 Å². The average molecular weight is 263 g/mol. The molecular formula is C16H25NO2. The van der Waals surface area contributed by atoms with Gasteiger partial charge in [-0.1, -0.05) is 38.1 Å². The van der Waals surface area contributed by atoms with Crippen molar-refractivity contribution in [1.29, 1.82) is 0 Å². The summed E-state index contributed by atoms with van der Waals surface area (Å²) in [6.45, 7) is 5.53. The van der Waals surface area contributed by atoms with Gasteiger partial charge in [0.2, 0.25) is 0 Å². The minimum Gasteiger partial charge on any atom is -0.389 e. The van der Waals surface area contributed by atoms with E-state index >= 15 is 0 Å². The molecule has 106 valence electrons. The zero-order chi connectivity index (χ0) is 13.9. The molecule has 3 heteroatoms. The van der Waals surface area contributed by atoms with Crippen molar-refractivity contribution in [3.63, 3.8) is 0 Å². The second kappa shape index (κ2) is 6.04. The molecule has 1 aliphatic carbocycles. The molecule has 0 aromatic heterocycles. The number of nitrogens with one attached hydrogen (secondary N) is 1. The van der Waals surface area contributed by atoms with Crippen LogP contribution in [0, 0.1) is 5.41 Å². The third-order valence-electron chi connectivity index (χ3n) is 4.10. The normalized spacial score (nSPS) is 22.8. The van der Waals surface area contributed by atoms with Gasteiger partial charge in [-0.3, -0.25) is 0 Å². The number of ether oxygens (including phenoxy) is 1. The molecule has 1 aromatic carbocycles. The van der Waals surface area contributed by atoms with Gasteiger partial charge in [0.05, 0.1) is 12.7 Å². The predicted molar refractivity (Wildman–Crippen MR) is 77.2 cm³/mol. The molecule has 1 aromatic rings. The summed E-state index contributed by atoms with van der Waals surface area (Å²) in [6.07, 6.45) is 1.86. The van der Waals surface area contributed by atoms with Crippen molar-refractivity contribution in [2.75, 3.05) is 20.3 Å². The summed E-state index contributed by atoms with van der Waals surface area (Å²) < 4.78 is 4.97. The van der Waals surface area contributed by atoms with Gasteiger partial charge in [0.15, 0.2) is 0 Å². The maximum absolute atomic E-state index is 9.81. The smallest absolute Gasteiger partial charge is 0.0897 e. The van der Waals surface area contributed by atoms with E-state index in [4.69, 9.17) is 4.74 Å². The fraction of sp³-hybridized carbons (Fsp3) is 0.625. The molecule has 0 aliphatic heterocycles. The third kappa shape index (κ3) is 3.35. The van der Waals surface area contributed by atoms with Crippen molar-refractivity contribution in [3.8, 4) is 0 Å². The zero-order valence-electron chi connectivity index (χ0n) is 12.1. The van der Waals surface area contributed by atoms with Gasteiger partial charge in [-0.2, -0.15) is 0 Å². The van der Waals surface area contributed by atoms with Crippen molar-refractivity contribution in [1.82, 2.24) is 5.32 Å². The summed E-state index contributed by atoms with van der Waals surface area (Å²) in [6, 6.07) is 8.92. The molecule has 19 heavy (non-hydrogen) atoms. The first kappa shape index (κ1) is 14.5. The van der Waals surface area contributed by atoms with Crippen LogP contribution in [0.3, 0.4) is 0 Å². The second-order valence-electron chi connectivity index (χ2n) is 6.14. The Morgan fingerprint density at radius 3 is 2.89 bits per heavy atom. The molecule has 3 nitrogen and oxygen atoms in total. The van der Waals surface area contributed by atoms with Crippen LogP contribution < -0.4 is 5.32 Å². The van der Waals surface area contributed by atoms with E-state index in [1.54, 1.807) is 7.11 Å². The Kier molecular flexibility index (Phi) is 4.61. The van der Waals surface area contributed by atoms with E-state index < -0.39 is 6.10 Å². The first-order valence-electron chi connectivity index (χ1n) is 7.03. The number of aliphatic hydroxyl groups is 1. The van der Waals surface area contributed by atoms with E-state index in [1.165, 1.54) is 17.5 Å². The molecular weight excluding hydrogens is 238 g/mol. The summed E-state index contributed by atoms with van der Waals surface area (Å²) >= 11 is 0. The number of aliphatic hydroxyl groups excluding tert-OH is 1. The topological polar surface area (TPSA) is 41.5 Å². The lowest BCUT2D eigenvalue weighted by Crippen LogP contribution is -2.42. The molecule has 2 N–H and O–H groups in total. The number of methoxy groups -OCH3 is 1. The van der Waals surface area contributed by atoms with Crippen molar-refractivity contribution >= 4 is 0 Å². The van der Waals surface area contributed by atoms with Gasteiger partial charge in [0, 0.05) is 19.7 Å². The van der Waals surface area contributed by atoms with Crippen LogP contribution >= 0.6 is 0 Å². The van der Waals surface area contributed by atoms with E-state index in [0.717, 1.165) is 6.42 Å². The van der Waals surface area contributed by atoms with Crippen molar-refractivity contribution in [2.24, 2.45) is 5.41 Å². The Hall–Kier alpha value is -0.900. The molecule has 0 saturated carbocycles. The minimum absolute atomic E-state index is 0.209. The fourth-order valence-electron chi connectivity index (χ4n) is 2.96. The molecule has 0 bridgehead atoms. The Balaban J connectivity index is 2.12. The first-order chi connectivity index (χ1) is 9.04. The van der Waals surface area contributed by atoms with Crippen molar-refractivity contribution < 1.29 is 9.84 Å². The van der Waals surface area contributed by atoms with E-state index in [9.17, 15) is 5.11 Å². The standard InChI is InChI=1S/C16H25NO2/c1-16(2)9-8-12-6-4-5-7-14(12)15(16)17-10-13(18)11-19-3/h4-7,13,15,17-18H,8-11H2,1-3H3. The number of rotatable bonds is 5. The van der Waals surface area contributed by atoms with Crippen LogP contribution in [0.5, 0.6) is 0 Å². The lowest BCUT2D eigenvalue weighted by molar-refractivity contribution is 0.0572. The van der Waals surface area contributed by atoms with E-state index in [0.29, 0.717) is 19.2 Å². The minimum atomic E-state index is -0.449. The largest absolute Gasteiger partial charge is 0.389 e. The number of aryl methyl sites for hydroxylation is 1. The van der Waals surface area contributed by atoms with Gasteiger partial charge in [-0.25, -0.2) is 0 Å². The number of hydrogen-bond acceptors (Lipinski definition) is 3. The highest BCUT2D eigenvalue weighted by Crippen LogP contribution is 2.43. The van der Waals surface area contributed by atoms with Gasteiger partial charge in [0.1, 0.15) is 0 Å². The highest BCUT2D eigenvalue weighted by Gasteiger charge is 2.35. The monoisotopic (exact) mass is 263 g/mol. The van der Waals surface area contributed by atoms with Crippen LogP contribution in [0.25, 0.3) is 0 Å². The van der Waals surface area contributed by atoms with Gasteiger partial charge >= 0.3 is 0 Å². The summed E-state index contributed by atoms with van der Waals surface area (Å²) in [5.74, 6) is 0. The SMILES string of the molecule is COCC(O)CNC1c2ccccc2CCC1(C)C. The molecule has 2 unspecified atom stereocenters. The number of fused-ring (bicyclic) bond motifs is 1. The van der Waals surface area contributed by atoms with Crippen LogP contribution in [0.2, 0.25) is 0 Å². The number of benzene rings is 1. The third-order valence-corrected chi connectivity index (χ3v) is 4.10. The van der Waals surface area contributed by atoms with Crippen LogP contribution in [-0.4, -0.2) is 31.5 Å². The predicted octanol–water partition coefficient (Wildman–Crippen LogP) is 2.30. The second-order valence-corrected chi connectivity index (χ2v) is 6.14. The summed E-state index contributed by atoms with van der Waals surface area (Å²) in [4.78, 5) is 0. The molecule has 0 spiro atoms. The van der Waals surface area contributed by atoms with Crippen LogP contribution in [0.4, 0.5) is 0 Å². The lowest BCUT2D eigenvalue weighted by atomic mass is 9.70. The van der Waals surface area contributed by atoms with Crippen LogP contribution in [0.1, 0.15) is 37.4 Å². The highest BCUT2D eigenvalue weighted by atomic mass is 16.5. The fourth-order valence-corrected chi connectivity index (χ4v) is 2.96. The lowest BCUT2D eigenvalue weighted by Gasteiger charge is -2.41. The Labute approximate surface area is 116 Å². The molecule has 0 saturated heterocycles. The molecule has 2 atom stereocenters.